The van der Waals surface area contributed by atoms with E-state index in [-0.39, 0.29) is 31.0 Å². The zero-order valence-corrected chi connectivity index (χ0v) is 13.0. The van der Waals surface area contributed by atoms with Gasteiger partial charge in [-0.15, -0.1) is 0 Å². The predicted octanol–water partition coefficient (Wildman–Crippen LogP) is 3.38. The number of esters is 1. The molecule has 0 aliphatic rings. The van der Waals surface area contributed by atoms with Gasteiger partial charge in [0, 0.05) is 17.5 Å². The van der Waals surface area contributed by atoms with E-state index in [0.717, 1.165) is 5.56 Å². The van der Waals surface area contributed by atoms with E-state index >= 15 is 0 Å². The van der Waals surface area contributed by atoms with Crippen molar-refractivity contribution in [2.24, 2.45) is 0 Å². The summed E-state index contributed by atoms with van der Waals surface area (Å²) in [5.41, 5.74) is 2.14. The molecule has 0 saturated heterocycles. The Kier molecular flexibility index (Phi) is 5.80. The summed E-state index contributed by atoms with van der Waals surface area (Å²) in [4.78, 5) is 35.4. The Labute approximate surface area is 135 Å². The van der Waals surface area contributed by atoms with Crippen molar-refractivity contribution in [1.29, 1.82) is 0 Å². The Morgan fingerprint density at radius 3 is 2.04 bits per heavy atom. The van der Waals surface area contributed by atoms with Gasteiger partial charge in [-0.1, -0.05) is 60.2 Å². The van der Waals surface area contributed by atoms with Crippen LogP contribution in [0.2, 0.25) is 0 Å². The number of carbonyl (C=O) groups excluding carboxylic acids is 3. The molecule has 23 heavy (non-hydrogen) atoms. The van der Waals surface area contributed by atoms with Gasteiger partial charge in [0.25, 0.3) is 0 Å². The van der Waals surface area contributed by atoms with Crippen LogP contribution in [0.5, 0.6) is 0 Å². The fourth-order valence-electron chi connectivity index (χ4n) is 2.02. The number of carbonyl (C=O) groups is 3. The van der Waals surface area contributed by atoms with Gasteiger partial charge in [-0.2, -0.15) is 0 Å². The van der Waals surface area contributed by atoms with Crippen LogP contribution >= 0.6 is 0 Å². The molecular weight excluding hydrogens is 292 g/mol. The highest BCUT2D eigenvalue weighted by atomic mass is 16.5. The highest BCUT2D eigenvalue weighted by Crippen LogP contribution is 2.08. The van der Waals surface area contributed by atoms with Crippen molar-refractivity contribution in [2.75, 3.05) is 6.61 Å². The molecule has 4 nitrogen and oxygen atoms in total. The second-order valence-corrected chi connectivity index (χ2v) is 5.24. The van der Waals surface area contributed by atoms with E-state index in [4.69, 9.17) is 4.74 Å². The highest BCUT2D eigenvalue weighted by molar-refractivity contribution is 5.99. The van der Waals surface area contributed by atoms with Gasteiger partial charge in [-0.3, -0.25) is 14.4 Å². The van der Waals surface area contributed by atoms with Crippen molar-refractivity contribution in [3.8, 4) is 0 Å². The van der Waals surface area contributed by atoms with Crippen molar-refractivity contribution in [2.45, 2.75) is 19.8 Å². The monoisotopic (exact) mass is 310 g/mol. The molecule has 0 aliphatic carbocycles. The molecule has 2 aromatic rings. The van der Waals surface area contributed by atoms with Gasteiger partial charge in [0.1, 0.15) is 0 Å². The predicted molar refractivity (Wildman–Crippen MR) is 86.5 cm³/mol. The molecule has 0 atom stereocenters. The van der Waals surface area contributed by atoms with Crippen LogP contribution in [0.4, 0.5) is 0 Å². The van der Waals surface area contributed by atoms with Crippen LogP contribution in [0.25, 0.3) is 0 Å². The summed E-state index contributed by atoms with van der Waals surface area (Å²) < 4.78 is 4.92. The highest BCUT2D eigenvalue weighted by Gasteiger charge is 2.12. The maximum absolute atomic E-state index is 11.9. The summed E-state index contributed by atoms with van der Waals surface area (Å²) in [5, 5.41) is 0. The minimum Gasteiger partial charge on any atom is -0.457 e. The van der Waals surface area contributed by atoms with Crippen molar-refractivity contribution in [1.82, 2.24) is 0 Å². The summed E-state index contributed by atoms with van der Waals surface area (Å²) in [6.07, 6.45) is 0.0379. The van der Waals surface area contributed by atoms with Crippen molar-refractivity contribution in [3.05, 3.63) is 71.3 Å². The second-order valence-electron chi connectivity index (χ2n) is 5.24. The van der Waals surface area contributed by atoms with Crippen LogP contribution in [0.3, 0.4) is 0 Å². The van der Waals surface area contributed by atoms with E-state index in [1.165, 1.54) is 0 Å². The molecule has 0 unspecified atom stereocenters. The third kappa shape index (κ3) is 5.18. The second kappa shape index (κ2) is 8.03. The molecule has 2 rings (SSSR count). The van der Waals surface area contributed by atoms with E-state index in [1.54, 1.807) is 42.5 Å². The average molecular weight is 310 g/mol. The summed E-state index contributed by atoms with van der Waals surface area (Å²) in [6.45, 7) is 1.64. The summed E-state index contributed by atoms with van der Waals surface area (Å²) in [6, 6.07) is 15.8. The van der Waals surface area contributed by atoms with Crippen LogP contribution in [-0.4, -0.2) is 24.1 Å². The number of hydrogen-bond acceptors (Lipinski definition) is 4. The maximum atomic E-state index is 11.9. The lowest BCUT2D eigenvalue weighted by Gasteiger charge is -2.04. The smallest absolute Gasteiger partial charge is 0.306 e. The Balaban J connectivity index is 1.76. The Hall–Kier alpha value is -2.75. The molecule has 0 spiro atoms. The molecule has 0 amide bonds. The largest absolute Gasteiger partial charge is 0.457 e. The standard InChI is InChI=1S/C19H18O4/c1-14-7-9-16(10-8-14)17(20)11-12-19(22)23-13-18(21)15-5-3-2-4-6-15/h2-10H,11-13H2,1H3. The zero-order valence-electron chi connectivity index (χ0n) is 13.0. The lowest BCUT2D eigenvalue weighted by molar-refractivity contribution is -0.142. The first kappa shape index (κ1) is 16.6. The Morgan fingerprint density at radius 1 is 0.783 bits per heavy atom. The molecule has 0 N–H and O–H groups in total. The zero-order chi connectivity index (χ0) is 16.7. The normalized spacial score (nSPS) is 10.1. The Bertz CT molecular complexity index is 687. The summed E-state index contributed by atoms with van der Waals surface area (Å²) in [7, 11) is 0. The van der Waals surface area contributed by atoms with Crippen molar-refractivity contribution < 1.29 is 19.1 Å². The van der Waals surface area contributed by atoms with Gasteiger partial charge >= 0.3 is 5.97 Å². The van der Waals surface area contributed by atoms with Gasteiger partial charge < -0.3 is 4.74 Å². The lowest BCUT2D eigenvalue weighted by atomic mass is 10.1. The first-order chi connectivity index (χ1) is 11.1. The number of ketones is 2. The quantitative estimate of drug-likeness (QED) is 0.581. The molecule has 0 saturated carbocycles. The van der Waals surface area contributed by atoms with Crippen LogP contribution in [-0.2, 0) is 9.53 Å². The van der Waals surface area contributed by atoms with Crippen LogP contribution in [0.1, 0.15) is 39.1 Å². The first-order valence-corrected chi connectivity index (χ1v) is 7.40. The molecule has 4 heteroatoms. The molecular formula is C19H18O4. The molecule has 0 bridgehead atoms. The van der Waals surface area contributed by atoms with E-state index in [2.05, 4.69) is 0 Å². The fraction of sp³-hybridized carbons (Fsp3) is 0.211. The minimum absolute atomic E-state index is 0.0330. The van der Waals surface area contributed by atoms with Gasteiger partial charge in [0.05, 0.1) is 6.42 Å². The SMILES string of the molecule is Cc1ccc(C(=O)CCC(=O)OCC(=O)c2ccccc2)cc1. The molecule has 0 heterocycles. The average Bonchev–Trinajstić information content (AvgIpc) is 2.59. The van der Waals surface area contributed by atoms with E-state index in [1.807, 2.05) is 19.1 Å². The molecule has 0 aliphatic heterocycles. The topological polar surface area (TPSA) is 60.4 Å². The molecule has 0 fully saturated rings. The molecule has 2 aromatic carbocycles. The van der Waals surface area contributed by atoms with Crippen molar-refractivity contribution in [3.63, 3.8) is 0 Å². The third-order valence-electron chi connectivity index (χ3n) is 3.39. The van der Waals surface area contributed by atoms with Crippen LogP contribution in [0.15, 0.2) is 54.6 Å². The van der Waals surface area contributed by atoms with Crippen LogP contribution in [0, 0.1) is 6.92 Å². The number of Topliss-reactive ketones (excluding diaryl/α,β-unsaturated/α-hetero) is 2. The first-order valence-electron chi connectivity index (χ1n) is 7.40. The molecule has 118 valence electrons. The number of aryl methyl sites for hydroxylation is 1. The van der Waals surface area contributed by atoms with E-state index in [9.17, 15) is 14.4 Å². The lowest BCUT2D eigenvalue weighted by Crippen LogP contribution is -2.15. The van der Waals surface area contributed by atoms with E-state index < -0.39 is 5.97 Å². The number of rotatable bonds is 7. The fourth-order valence-corrected chi connectivity index (χ4v) is 2.02. The van der Waals surface area contributed by atoms with Gasteiger partial charge in [-0.25, -0.2) is 0 Å². The minimum atomic E-state index is -0.547. The third-order valence-corrected chi connectivity index (χ3v) is 3.39. The van der Waals surface area contributed by atoms with Gasteiger partial charge in [0.2, 0.25) is 0 Å². The summed E-state index contributed by atoms with van der Waals surface area (Å²) >= 11 is 0. The van der Waals surface area contributed by atoms with Crippen LogP contribution < -0.4 is 0 Å². The van der Waals surface area contributed by atoms with E-state index in [0.29, 0.717) is 11.1 Å². The number of hydrogen-bond donors (Lipinski definition) is 0. The Morgan fingerprint density at radius 2 is 1.39 bits per heavy atom. The van der Waals surface area contributed by atoms with Gasteiger partial charge in [-0.05, 0) is 6.92 Å². The van der Waals surface area contributed by atoms with Gasteiger partial charge in [0.15, 0.2) is 18.2 Å². The van der Waals surface area contributed by atoms with Crippen molar-refractivity contribution >= 4 is 17.5 Å². The summed E-state index contributed by atoms with van der Waals surface area (Å²) in [5.74, 6) is -0.921. The molecule has 0 radical (unpaired) electrons. The molecule has 0 aromatic heterocycles. The maximum Gasteiger partial charge on any atom is 0.306 e. The number of ether oxygens (including phenoxy) is 1. The number of benzene rings is 2.